The molecule has 0 radical (unpaired) electrons. The van der Waals surface area contributed by atoms with E-state index in [4.69, 9.17) is 19.7 Å². The van der Waals surface area contributed by atoms with E-state index in [2.05, 4.69) is 0 Å². The Hall–Kier alpha value is -0.160. The number of hydrogen-bond acceptors (Lipinski definition) is 4. The molecule has 2 fully saturated rings. The third-order valence-electron chi connectivity index (χ3n) is 2.00. The first-order valence-corrected chi connectivity index (χ1v) is 3.38. The minimum atomic E-state index is -0.554. The van der Waals surface area contributed by atoms with Gasteiger partial charge in [0, 0.05) is 0 Å². The normalized spacial score (nSPS) is 53.4. The summed E-state index contributed by atoms with van der Waals surface area (Å²) in [5.41, 5.74) is 0. The lowest BCUT2D eigenvalue weighted by Gasteiger charge is -2.09. The van der Waals surface area contributed by atoms with Crippen molar-refractivity contribution in [1.29, 1.82) is 0 Å². The van der Waals surface area contributed by atoms with Gasteiger partial charge in [-0.25, -0.2) is 0 Å². The SMILES string of the molecule is OC1CO[C@H]2C1OC[C@H]2O. The molecule has 10 heavy (non-hydrogen) atoms. The van der Waals surface area contributed by atoms with Crippen molar-refractivity contribution in [3.63, 3.8) is 0 Å². The lowest BCUT2D eigenvalue weighted by Crippen LogP contribution is -2.30. The highest BCUT2D eigenvalue weighted by Gasteiger charge is 2.46. The molecule has 0 spiro atoms. The first-order valence-electron chi connectivity index (χ1n) is 3.38. The van der Waals surface area contributed by atoms with Gasteiger partial charge in [0.25, 0.3) is 0 Å². The second kappa shape index (κ2) is 2.17. The Morgan fingerprint density at radius 3 is 1.70 bits per heavy atom. The zero-order valence-corrected chi connectivity index (χ0v) is 5.43. The molecule has 2 rings (SSSR count). The fourth-order valence-corrected chi connectivity index (χ4v) is 1.46. The number of rotatable bonds is 0. The standard InChI is InChI=1S/C6H10O4/c7-3-1-9-6-4(8)2-10-5(3)6/h3-8H,1-2H2/t3-,4?,5-,6?/m1/s1. The van der Waals surface area contributed by atoms with Gasteiger partial charge in [0.15, 0.2) is 0 Å². The smallest absolute Gasteiger partial charge is 0.114 e. The van der Waals surface area contributed by atoms with E-state index < -0.39 is 12.2 Å². The van der Waals surface area contributed by atoms with E-state index >= 15 is 0 Å². The summed E-state index contributed by atoms with van der Waals surface area (Å²) >= 11 is 0. The van der Waals surface area contributed by atoms with Gasteiger partial charge in [-0.1, -0.05) is 0 Å². The molecule has 2 unspecified atom stereocenters. The first-order chi connectivity index (χ1) is 4.79. The average molecular weight is 146 g/mol. The third kappa shape index (κ3) is 0.769. The van der Waals surface area contributed by atoms with Crippen LogP contribution in [0, 0.1) is 0 Å². The lowest BCUT2D eigenvalue weighted by atomic mass is 10.1. The minimum absolute atomic E-state index is 0.284. The summed E-state index contributed by atoms with van der Waals surface area (Å²) in [7, 11) is 0. The van der Waals surface area contributed by atoms with Crippen molar-refractivity contribution in [2.75, 3.05) is 13.2 Å². The van der Waals surface area contributed by atoms with Crippen LogP contribution in [0.25, 0.3) is 0 Å². The maximum atomic E-state index is 9.16. The molecule has 0 bridgehead atoms. The fraction of sp³-hybridized carbons (Fsp3) is 1.00. The van der Waals surface area contributed by atoms with Gasteiger partial charge in [-0.15, -0.1) is 0 Å². The third-order valence-corrected chi connectivity index (χ3v) is 2.00. The van der Waals surface area contributed by atoms with Crippen LogP contribution in [0.2, 0.25) is 0 Å². The van der Waals surface area contributed by atoms with Gasteiger partial charge in [-0.05, 0) is 0 Å². The molecule has 0 aromatic heterocycles. The Labute approximate surface area is 58.4 Å². The Balaban J connectivity index is 2.09. The van der Waals surface area contributed by atoms with Gasteiger partial charge < -0.3 is 19.7 Å². The van der Waals surface area contributed by atoms with Crippen LogP contribution < -0.4 is 0 Å². The van der Waals surface area contributed by atoms with E-state index in [0.29, 0.717) is 0 Å². The van der Waals surface area contributed by atoms with Crippen molar-refractivity contribution in [2.45, 2.75) is 24.4 Å². The fourth-order valence-electron chi connectivity index (χ4n) is 1.46. The number of hydrogen-bond donors (Lipinski definition) is 2. The number of aliphatic hydroxyl groups excluding tert-OH is 2. The van der Waals surface area contributed by atoms with Crippen LogP contribution in [-0.2, 0) is 9.47 Å². The maximum absolute atomic E-state index is 9.16. The van der Waals surface area contributed by atoms with Crippen molar-refractivity contribution >= 4 is 0 Å². The summed E-state index contributed by atoms with van der Waals surface area (Å²) in [5.74, 6) is 0. The molecule has 0 aromatic carbocycles. The average Bonchev–Trinajstić information content (AvgIpc) is 2.41. The van der Waals surface area contributed by atoms with Crippen LogP contribution in [-0.4, -0.2) is 47.8 Å². The molecule has 58 valence electrons. The van der Waals surface area contributed by atoms with E-state index in [1.54, 1.807) is 0 Å². The first kappa shape index (κ1) is 6.54. The van der Waals surface area contributed by atoms with Gasteiger partial charge >= 0.3 is 0 Å². The largest absolute Gasteiger partial charge is 0.388 e. The summed E-state index contributed by atoms with van der Waals surface area (Å²) in [6, 6.07) is 0. The topological polar surface area (TPSA) is 58.9 Å². The molecule has 0 saturated carbocycles. The Bertz CT molecular complexity index is 122. The molecule has 2 N–H and O–H groups in total. The molecule has 0 aliphatic carbocycles. The molecule has 4 atom stereocenters. The highest BCUT2D eigenvalue weighted by atomic mass is 16.6. The van der Waals surface area contributed by atoms with Crippen LogP contribution in [0.3, 0.4) is 0 Å². The second-order valence-corrected chi connectivity index (χ2v) is 2.73. The summed E-state index contributed by atoms with van der Waals surface area (Å²) in [6.07, 6.45) is -1.70. The summed E-state index contributed by atoms with van der Waals surface area (Å²) in [5, 5.41) is 18.3. The Kier molecular flexibility index (Phi) is 1.42. The molecule has 0 amide bonds. The summed E-state index contributed by atoms with van der Waals surface area (Å²) < 4.78 is 10.2. The van der Waals surface area contributed by atoms with Gasteiger partial charge in [-0.2, -0.15) is 0 Å². The quantitative estimate of drug-likeness (QED) is 0.437. The maximum Gasteiger partial charge on any atom is 0.114 e. The van der Waals surface area contributed by atoms with Crippen LogP contribution >= 0.6 is 0 Å². The van der Waals surface area contributed by atoms with Gasteiger partial charge in [0.05, 0.1) is 13.2 Å². The van der Waals surface area contributed by atoms with Crippen LogP contribution in [0.15, 0.2) is 0 Å². The van der Waals surface area contributed by atoms with Crippen molar-refractivity contribution in [1.82, 2.24) is 0 Å². The molecule has 2 heterocycles. The predicted molar refractivity (Wildman–Crippen MR) is 31.5 cm³/mol. The van der Waals surface area contributed by atoms with Crippen molar-refractivity contribution in [3.8, 4) is 0 Å². The molecule has 2 aliphatic rings. The van der Waals surface area contributed by atoms with Gasteiger partial charge in [0.1, 0.15) is 24.4 Å². The zero-order valence-electron chi connectivity index (χ0n) is 5.43. The molecular weight excluding hydrogens is 136 g/mol. The van der Waals surface area contributed by atoms with Crippen LogP contribution in [0.1, 0.15) is 0 Å². The van der Waals surface area contributed by atoms with E-state index in [0.717, 1.165) is 0 Å². The number of aliphatic hydroxyl groups is 2. The Morgan fingerprint density at radius 2 is 1.30 bits per heavy atom. The molecular formula is C6H10O4. The minimum Gasteiger partial charge on any atom is -0.388 e. The van der Waals surface area contributed by atoms with Crippen molar-refractivity contribution in [2.24, 2.45) is 0 Å². The second-order valence-electron chi connectivity index (χ2n) is 2.73. The van der Waals surface area contributed by atoms with E-state index in [1.807, 2.05) is 0 Å². The lowest BCUT2D eigenvalue weighted by molar-refractivity contribution is 0.00205. The molecule has 4 nitrogen and oxygen atoms in total. The van der Waals surface area contributed by atoms with Crippen LogP contribution in [0.5, 0.6) is 0 Å². The van der Waals surface area contributed by atoms with Gasteiger partial charge in [-0.3, -0.25) is 0 Å². The number of fused-ring (bicyclic) bond motifs is 1. The van der Waals surface area contributed by atoms with Crippen molar-refractivity contribution < 1.29 is 19.7 Å². The van der Waals surface area contributed by atoms with Crippen LogP contribution in [0.4, 0.5) is 0 Å². The molecule has 2 saturated heterocycles. The van der Waals surface area contributed by atoms with E-state index in [-0.39, 0.29) is 25.4 Å². The summed E-state index contributed by atoms with van der Waals surface area (Å²) in [6.45, 7) is 0.568. The summed E-state index contributed by atoms with van der Waals surface area (Å²) in [4.78, 5) is 0. The van der Waals surface area contributed by atoms with E-state index in [9.17, 15) is 0 Å². The molecule has 4 heteroatoms. The zero-order chi connectivity index (χ0) is 7.14. The highest BCUT2D eigenvalue weighted by Crippen LogP contribution is 2.26. The predicted octanol–water partition coefficient (Wildman–Crippen LogP) is -1.49. The Morgan fingerprint density at radius 1 is 0.900 bits per heavy atom. The monoisotopic (exact) mass is 146 g/mol. The van der Waals surface area contributed by atoms with E-state index in [1.165, 1.54) is 0 Å². The highest BCUT2D eigenvalue weighted by molar-refractivity contribution is 4.93. The van der Waals surface area contributed by atoms with Crippen molar-refractivity contribution in [3.05, 3.63) is 0 Å². The molecule has 2 aliphatic heterocycles. The molecule has 0 aromatic rings. The number of ether oxygens (including phenoxy) is 2. The van der Waals surface area contributed by atoms with Gasteiger partial charge in [0.2, 0.25) is 0 Å².